The quantitative estimate of drug-likeness (QED) is 0.370. The number of imide groups is 1. The first-order chi connectivity index (χ1) is 14.4. The highest BCUT2D eigenvalue weighted by atomic mass is 32.2. The third-order valence-electron chi connectivity index (χ3n) is 4.38. The number of nitrogens with zero attached hydrogens (tertiary/aromatic N) is 2. The molecule has 9 nitrogen and oxygen atoms in total. The second-order valence-electron chi connectivity index (χ2n) is 6.11. The molecule has 1 heterocycles. The second kappa shape index (κ2) is 8.87. The predicted octanol–water partition coefficient (Wildman–Crippen LogP) is 3.86. The number of carbonyl (C=O) groups excluding carboxylic acids is 2. The van der Waals surface area contributed by atoms with Crippen LogP contribution in [-0.2, 0) is 11.3 Å². The van der Waals surface area contributed by atoms with Crippen LogP contribution in [0.15, 0.2) is 41.3 Å². The van der Waals surface area contributed by atoms with E-state index >= 15 is 0 Å². The van der Waals surface area contributed by atoms with Crippen molar-refractivity contribution >= 4 is 34.7 Å². The number of amides is 2. The minimum absolute atomic E-state index is 0.0169. The largest absolute Gasteiger partial charge is 0.493 e. The lowest BCUT2D eigenvalue weighted by molar-refractivity contribution is -0.384. The van der Waals surface area contributed by atoms with Gasteiger partial charge in [-0.05, 0) is 35.5 Å². The van der Waals surface area contributed by atoms with Crippen LogP contribution < -0.4 is 14.2 Å². The van der Waals surface area contributed by atoms with Crippen LogP contribution in [0.1, 0.15) is 11.1 Å². The predicted molar refractivity (Wildman–Crippen MR) is 111 cm³/mol. The number of non-ortho nitro benzene ring substituents is 1. The van der Waals surface area contributed by atoms with Gasteiger partial charge in [0.25, 0.3) is 16.8 Å². The van der Waals surface area contributed by atoms with E-state index in [9.17, 15) is 19.7 Å². The molecule has 2 aromatic rings. The first-order valence-electron chi connectivity index (χ1n) is 8.67. The maximum atomic E-state index is 12.8. The van der Waals surface area contributed by atoms with Crippen LogP contribution in [0.2, 0.25) is 0 Å². The number of carbonyl (C=O) groups is 2. The van der Waals surface area contributed by atoms with Gasteiger partial charge in [-0.1, -0.05) is 12.1 Å². The Morgan fingerprint density at radius 3 is 2.23 bits per heavy atom. The van der Waals surface area contributed by atoms with E-state index in [-0.39, 0.29) is 17.1 Å². The van der Waals surface area contributed by atoms with Gasteiger partial charge in [0.2, 0.25) is 5.75 Å². The third-order valence-corrected chi connectivity index (χ3v) is 5.29. The summed E-state index contributed by atoms with van der Waals surface area (Å²) >= 11 is 0.809. The lowest BCUT2D eigenvalue weighted by atomic mass is 10.1. The van der Waals surface area contributed by atoms with Gasteiger partial charge in [0, 0.05) is 17.7 Å². The van der Waals surface area contributed by atoms with Crippen LogP contribution in [0.5, 0.6) is 17.2 Å². The molecule has 3 rings (SSSR count). The van der Waals surface area contributed by atoms with E-state index in [1.165, 1.54) is 45.6 Å². The molecule has 0 atom stereocenters. The van der Waals surface area contributed by atoms with E-state index in [1.807, 2.05) is 0 Å². The third kappa shape index (κ3) is 4.08. The molecule has 2 amide bonds. The zero-order valence-corrected chi connectivity index (χ0v) is 17.2. The highest BCUT2D eigenvalue weighted by Gasteiger charge is 2.35. The Morgan fingerprint density at radius 2 is 1.67 bits per heavy atom. The van der Waals surface area contributed by atoms with Crippen molar-refractivity contribution in [1.82, 2.24) is 4.90 Å². The Morgan fingerprint density at radius 1 is 1.00 bits per heavy atom. The van der Waals surface area contributed by atoms with E-state index in [1.54, 1.807) is 18.2 Å². The summed E-state index contributed by atoms with van der Waals surface area (Å²) in [6.45, 7) is 0.0169. The molecule has 156 valence electrons. The molecule has 0 aromatic heterocycles. The van der Waals surface area contributed by atoms with Crippen molar-refractivity contribution in [2.24, 2.45) is 0 Å². The molecule has 0 radical (unpaired) electrons. The molecule has 0 spiro atoms. The van der Waals surface area contributed by atoms with E-state index in [0.717, 1.165) is 16.7 Å². The van der Waals surface area contributed by atoms with Crippen molar-refractivity contribution in [2.75, 3.05) is 21.3 Å². The summed E-state index contributed by atoms with van der Waals surface area (Å²) in [5.41, 5.74) is 1.09. The molecule has 1 fully saturated rings. The Kier molecular flexibility index (Phi) is 6.26. The average molecular weight is 430 g/mol. The van der Waals surface area contributed by atoms with E-state index in [0.29, 0.717) is 28.4 Å². The number of benzene rings is 2. The number of rotatable bonds is 7. The summed E-state index contributed by atoms with van der Waals surface area (Å²) in [6, 6.07) is 9.07. The number of thioether (sulfide) groups is 1. The normalized spacial score (nSPS) is 14.9. The van der Waals surface area contributed by atoms with Crippen molar-refractivity contribution in [1.29, 1.82) is 0 Å². The van der Waals surface area contributed by atoms with Gasteiger partial charge in [-0.2, -0.15) is 0 Å². The van der Waals surface area contributed by atoms with Crippen LogP contribution in [-0.4, -0.2) is 42.3 Å². The number of nitro groups is 1. The second-order valence-corrected chi connectivity index (χ2v) is 7.11. The maximum Gasteiger partial charge on any atom is 0.293 e. The molecule has 1 aliphatic heterocycles. The van der Waals surface area contributed by atoms with E-state index < -0.39 is 16.1 Å². The van der Waals surface area contributed by atoms with Crippen LogP contribution in [0.25, 0.3) is 6.08 Å². The number of ether oxygens (including phenoxy) is 3. The topological polar surface area (TPSA) is 108 Å². The molecule has 0 unspecified atom stereocenters. The highest BCUT2D eigenvalue weighted by Crippen LogP contribution is 2.42. The minimum atomic E-state index is -0.511. The van der Waals surface area contributed by atoms with Gasteiger partial charge in [-0.25, -0.2) is 0 Å². The summed E-state index contributed by atoms with van der Waals surface area (Å²) in [5.74, 6) is 0.760. The zero-order chi connectivity index (χ0) is 21.8. The average Bonchev–Trinajstić information content (AvgIpc) is 3.00. The van der Waals surface area contributed by atoms with E-state index in [2.05, 4.69) is 0 Å². The Bertz CT molecular complexity index is 1030. The summed E-state index contributed by atoms with van der Waals surface area (Å²) < 4.78 is 16.0. The maximum absolute atomic E-state index is 12.8. The van der Waals surface area contributed by atoms with Crippen LogP contribution in [0.4, 0.5) is 10.5 Å². The first-order valence-corrected chi connectivity index (χ1v) is 9.49. The van der Waals surface area contributed by atoms with Crippen molar-refractivity contribution in [3.8, 4) is 17.2 Å². The molecular formula is C20H18N2O7S. The lowest BCUT2D eigenvalue weighted by Gasteiger charge is -2.14. The van der Waals surface area contributed by atoms with Gasteiger partial charge in [0.05, 0.1) is 37.7 Å². The van der Waals surface area contributed by atoms with Crippen LogP contribution >= 0.6 is 11.8 Å². The van der Waals surface area contributed by atoms with Crippen molar-refractivity contribution in [3.63, 3.8) is 0 Å². The Hall–Kier alpha value is -3.53. The van der Waals surface area contributed by atoms with Crippen LogP contribution in [0.3, 0.4) is 0 Å². The Balaban J connectivity index is 1.87. The SMILES string of the molecule is COc1ccc(/C=C2\SC(=O)N(Cc3ccc([N+](=O)[O-])cc3)C2=O)c(OC)c1OC. The van der Waals surface area contributed by atoms with Gasteiger partial charge in [0.1, 0.15) is 0 Å². The molecule has 0 aliphatic carbocycles. The molecule has 2 aromatic carbocycles. The van der Waals surface area contributed by atoms with Gasteiger partial charge in [-0.15, -0.1) is 0 Å². The van der Waals surface area contributed by atoms with Gasteiger partial charge in [0.15, 0.2) is 11.5 Å². The fourth-order valence-electron chi connectivity index (χ4n) is 2.92. The summed E-state index contributed by atoms with van der Waals surface area (Å²) in [4.78, 5) is 36.7. The molecule has 10 heteroatoms. The van der Waals surface area contributed by atoms with Crippen LogP contribution in [0, 0.1) is 10.1 Å². The number of hydrogen-bond acceptors (Lipinski definition) is 8. The first kappa shape index (κ1) is 21.2. The highest BCUT2D eigenvalue weighted by molar-refractivity contribution is 8.18. The fourth-order valence-corrected chi connectivity index (χ4v) is 3.75. The lowest BCUT2D eigenvalue weighted by Crippen LogP contribution is -2.27. The monoisotopic (exact) mass is 430 g/mol. The molecule has 0 N–H and O–H groups in total. The summed E-state index contributed by atoms with van der Waals surface area (Å²) in [7, 11) is 4.44. The summed E-state index contributed by atoms with van der Waals surface area (Å²) in [6.07, 6.45) is 1.56. The van der Waals surface area contributed by atoms with Gasteiger partial charge < -0.3 is 14.2 Å². The molecule has 1 aliphatic rings. The summed E-state index contributed by atoms with van der Waals surface area (Å²) in [5, 5.41) is 10.3. The molecule has 1 saturated heterocycles. The number of methoxy groups -OCH3 is 3. The molecular weight excluding hydrogens is 412 g/mol. The van der Waals surface area contributed by atoms with E-state index in [4.69, 9.17) is 14.2 Å². The standard InChI is InChI=1S/C20H18N2O7S/c1-27-15-9-6-13(17(28-2)18(15)29-3)10-16-19(23)21(20(24)30-16)11-12-4-7-14(8-5-12)22(25)26/h4-10H,11H2,1-3H3/b16-10-. The zero-order valence-electron chi connectivity index (χ0n) is 16.4. The van der Waals surface area contributed by atoms with Gasteiger partial charge in [-0.3, -0.25) is 24.6 Å². The van der Waals surface area contributed by atoms with Gasteiger partial charge >= 0.3 is 0 Å². The number of hydrogen-bond donors (Lipinski definition) is 0. The fraction of sp³-hybridized carbons (Fsp3) is 0.200. The van der Waals surface area contributed by atoms with Crippen molar-refractivity contribution in [3.05, 3.63) is 62.5 Å². The minimum Gasteiger partial charge on any atom is -0.493 e. The molecule has 0 bridgehead atoms. The van der Waals surface area contributed by atoms with Crippen molar-refractivity contribution < 1.29 is 28.7 Å². The van der Waals surface area contributed by atoms with Crippen molar-refractivity contribution in [2.45, 2.75) is 6.54 Å². The Labute approximate surface area is 176 Å². The number of nitro benzene ring substituents is 1. The molecule has 0 saturated carbocycles. The smallest absolute Gasteiger partial charge is 0.293 e. The molecule has 30 heavy (non-hydrogen) atoms.